The van der Waals surface area contributed by atoms with Crippen LogP contribution in [0.3, 0.4) is 0 Å². The topological polar surface area (TPSA) is 97.1 Å². The Labute approximate surface area is 139 Å². The van der Waals surface area contributed by atoms with Crippen LogP contribution in [-0.4, -0.2) is 6.26 Å². The third-order valence-electron chi connectivity index (χ3n) is 3.24. The fraction of sp³-hybridized carbons (Fsp3) is 0.118. The van der Waals surface area contributed by atoms with Gasteiger partial charge in [-0.25, -0.2) is 5.84 Å². The maximum absolute atomic E-state index is 8.96. The first-order valence-corrected chi connectivity index (χ1v) is 8.13. The highest BCUT2D eigenvalue weighted by Gasteiger charge is 2.06. The summed E-state index contributed by atoms with van der Waals surface area (Å²) in [5, 5.41) is 8.96. The minimum Gasteiger partial charge on any atom is -0.489 e. The molecule has 118 valence electrons. The highest BCUT2D eigenvalue weighted by atomic mass is 32.2. The van der Waals surface area contributed by atoms with Crippen molar-refractivity contribution >= 4 is 17.5 Å². The first kappa shape index (κ1) is 16.7. The molecular formula is C17H18N4OS. The molecule has 0 spiro atoms. The summed E-state index contributed by atoms with van der Waals surface area (Å²) in [7, 11) is 0. The molecule has 0 aliphatic carbocycles. The first-order valence-electron chi connectivity index (χ1n) is 6.90. The van der Waals surface area contributed by atoms with Crippen LogP contribution in [0.25, 0.3) is 5.70 Å². The second kappa shape index (κ2) is 8.13. The first-order chi connectivity index (χ1) is 11.2. The van der Waals surface area contributed by atoms with Crippen molar-refractivity contribution in [3.05, 3.63) is 65.4 Å². The number of nitrogens with zero attached hydrogens (tertiary/aromatic N) is 1. The molecule has 5 nitrogen and oxygen atoms in total. The number of rotatable bonds is 6. The highest BCUT2D eigenvalue weighted by molar-refractivity contribution is 7.98. The Bertz CT molecular complexity index is 735. The van der Waals surface area contributed by atoms with Gasteiger partial charge in [0.1, 0.15) is 18.4 Å². The Balaban J connectivity index is 2.11. The minimum absolute atomic E-state index is 0.120. The van der Waals surface area contributed by atoms with Gasteiger partial charge in [0, 0.05) is 10.5 Å². The molecule has 0 bridgehead atoms. The van der Waals surface area contributed by atoms with E-state index >= 15 is 0 Å². The van der Waals surface area contributed by atoms with Crippen LogP contribution in [-0.2, 0) is 6.61 Å². The number of thioether (sulfide) groups is 1. The number of allylic oxidation sites excluding steroid dienone is 1. The predicted octanol–water partition coefficient (Wildman–Crippen LogP) is 2.60. The number of benzene rings is 2. The Morgan fingerprint density at radius 1 is 1.26 bits per heavy atom. The largest absolute Gasteiger partial charge is 0.489 e. The van der Waals surface area contributed by atoms with Gasteiger partial charge in [0.2, 0.25) is 0 Å². The van der Waals surface area contributed by atoms with E-state index in [4.69, 9.17) is 21.6 Å². The van der Waals surface area contributed by atoms with Gasteiger partial charge in [0.15, 0.2) is 5.70 Å². The molecule has 0 saturated carbocycles. The van der Waals surface area contributed by atoms with Crippen LogP contribution in [0.5, 0.6) is 5.75 Å². The van der Waals surface area contributed by atoms with Crippen LogP contribution in [0.2, 0.25) is 0 Å². The second-order valence-corrected chi connectivity index (χ2v) is 5.59. The maximum Gasteiger partial charge on any atom is 0.151 e. The van der Waals surface area contributed by atoms with Crippen molar-refractivity contribution in [3.8, 4) is 11.8 Å². The fourth-order valence-corrected chi connectivity index (χ4v) is 2.36. The molecule has 0 aliphatic rings. The summed E-state index contributed by atoms with van der Waals surface area (Å²) in [4.78, 5) is 1.21. The molecule has 2 aromatic carbocycles. The number of nitriles is 1. The molecule has 5 N–H and O–H groups in total. The van der Waals surface area contributed by atoms with Crippen LogP contribution < -0.4 is 21.7 Å². The third-order valence-corrected chi connectivity index (χ3v) is 3.98. The van der Waals surface area contributed by atoms with Gasteiger partial charge in [0.05, 0.1) is 5.70 Å². The summed E-state index contributed by atoms with van der Waals surface area (Å²) < 4.78 is 5.78. The Kier molecular flexibility index (Phi) is 5.92. The van der Waals surface area contributed by atoms with Gasteiger partial charge in [-0.05, 0) is 36.1 Å². The molecule has 2 rings (SSSR count). The molecule has 0 unspecified atom stereocenters. The zero-order valence-corrected chi connectivity index (χ0v) is 13.6. The highest BCUT2D eigenvalue weighted by Crippen LogP contribution is 2.20. The number of ether oxygens (including phenoxy) is 1. The summed E-state index contributed by atoms with van der Waals surface area (Å²) in [5.41, 5.74) is 10.4. The van der Waals surface area contributed by atoms with E-state index in [0.717, 1.165) is 5.56 Å². The summed E-state index contributed by atoms with van der Waals surface area (Å²) in [5.74, 6) is 5.95. The van der Waals surface area contributed by atoms with Crippen molar-refractivity contribution in [2.45, 2.75) is 11.5 Å². The lowest BCUT2D eigenvalue weighted by atomic mass is 10.1. The average Bonchev–Trinajstić information content (AvgIpc) is 2.61. The summed E-state index contributed by atoms with van der Waals surface area (Å²) in [6.45, 7) is 0.460. The monoisotopic (exact) mass is 326 g/mol. The number of nitrogens with two attached hydrogens (primary N) is 2. The van der Waals surface area contributed by atoms with Gasteiger partial charge in [-0.1, -0.05) is 24.3 Å². The molecule has 0 saturated heterocycles. The van der Waals surface area contributed by atoms with Gasteiger partial charge in [-0.3, -0.25) is 0 Å². The minimum atomic E-state index is 0.120. The maximum atomic E-state index is 8.96. The number of nitrogens with one attached hydrogen (secondary N) is 1. The molecule has 0 amide bonds. The van der Waals surface area contributed by atoms with Crippen LogP contribution in [0.15, 0.2) is 59.1 Å². The van der Waals surface area contributed by atoms with E-state index in [9.17, 15) is 0 Å². The molecule has 23 heavy (non-hydrogen) atoms. The lowest BCUT2D eigenvalue weighted by molar-refractivity contribution is 0.306. The van der Waals surface area contributed by atoms with E-state index < -0.39 is 0 Å². The SMILES string of the molecule is CSc1ccc(COc2cccc(/C(N)=C(\C#N)NN)c2)cc1. The van der Waals surface area contributed by atoms with Gasteiger partial charge in [0.25, 0.3) is 0 Å². The Morgan fingerprint density at radius 3 is 2.61 bits per heavy atom. The fourth-order valence-electron chi connectivity index (χ4n) is 1.96. The molecule has 0 aliphatic heterocycles. The lowest BCUT2D eigenvalue weighted by Gasteiger charge is -2.10. The zero-order valence-electron chi connectivity index (χ0n) is 12.7. The molecule has 0 radical (unpaired) electrons. The third kappa shape index (κ3) is 4.42. The van der Waals surface area contributed by atoms with Crippen molar-refractivity contribution in [2.75, 3.05) is 6.26 Å². The van der Waals surface area contributed by atoms with Crippen LogP contribution >= 0.6 is 11.8 Å². The van der Waals surface area contributed by atoms with E-state index in [1.54, 1.807) is 23.9 Å². The van der Waals surface area contributed by atoms with Crippen molar-refractivity contribution in [1.29, 1.82) is 5.26 Å². The molecule has 6 heteroatoms. The van der Waals surface area contributed by atoms with E-state index in [2.05, 4.69) is 17.6 Å². The van der Waals surface area contributed by atoms with E-state index in [1.165, 1.54) is 4.90 Å². The van der Waals surface area contributed by atoms with Gasteiger partial charge < -0.3 is 15.9 Å². The number of hydrogen-bond acceptors (Lipinski definition) is 6. The van der Waals surface area contributed by atoms with Crippen LogP contribution in [0, 0.1) is 11.3 Å². The molecule has 0 fully saturated rings. The van der Waals surface area contributed by atoms with Gasteiger partial charge in [-0.2, -0.15) is 5.26 Å². The van der Waals surface area contributed by atoms with Crippen molar-refractivity contribution < 1.29 is 4.74 Å². The van der Waals surface area contributed by atoms with Gasteiger partial charge >= 0.3 is 0 Å². The van der Waals surface area contributed by atoms with Crippen molar-refractivity contribution in [3.63, 3.8) is 0 Å². The number of hydrazine groups is 1. The number of hydrogen-bond donors (Lipinski definition) is 3. The standard InChI is InChI=1S/C17H18N4OS/c1-23-15-7-5-12(6-8-15)11-22-14-4-2-3-13(9-14)17(19)16(10-18)21-20/h2-9,21H,11,19-20H2,1H3/b17-16-. The average molecular weight is 326 g/mol. The van der Waals surface area contributed by atoms with E-state index in [-0.39, 0.29) is 11.4 Å². The lowest BCUT2D eigenvalue weighted by Crippen LogP contribution is -2.23. The predicted molar refractivity (Wildman–Crippen MR) is 93.0 cm³/mol. The summed E-state index contributed by atoms with van der Waals surface area (Å²) >= 11 is 1.70. The second-order valence-electron chi connectivity index (χ2n) is 4.71. The Morgan fingerprint density at radius 2 is 2.00 bits per heavy atom. The summed E-state index contributed by atoms with van der Waals surface area (Å²) in [6.07, 6.45) is 2.04. The zero-order chi connectivity index (χ0) is 16.7. The van der Waals surface area contributed by atoms with E-state index in [0.29, 0.717) is 17.9 Å². The Hall–Kier alpha value is -2.62. The van der Waals surface area contributed by atoms with Crippen molar-refractivity contribution in [1.82, 2.24) is 5.43 Å². The van der Waals surface area contributed by atoms with Crippen LogP contribution in [0.1, 0.15) is 11.1 Å². The molecular weight excluding hydrogens is 308 g/mol. The molecule has 2 aromatic rings. The summed E-state index contributed by atoms with van der Waals surface area (Å²) in [6, 6.07) is 17.3. The molecule has 0 heterocycles. The van der Waals surface area contributed by atoms with Gasteiger partial charge in [-0.15, -0.1) is 11.8 Å². The smallest absolute Gasteiger partial charge is 0.151 e. The quantitative estimate of drug-likeness (QED) is 0.327. The normalized spacial score (nSPS) is 11.3. The molecule has 0 aromatic heterocycles. The van der Waals surface area contributed by atoms with Crippen LogP contribution in [0.4, 0.5) is 0 Å². The van der Waals surface area contributed by atoms with E-state index in [1.807, 2.05) is 36.6 Å². The van der Waals surface area contributed by atoms with Crippen molar-refractivity contribution in [2.24, 2.45) is 11.6 Å². The molecule has 0 atom stereocenters.